The molecular formula is C17H21F2N5O. The maximum absolute atomic E-state index is 14.0. The predicted octanol–water partition coefficient (Wildman–Crippen LogP) is 1.79. The number of carbonyl (C=O) groups is 1. The molecule has 6 nitrogen and oxygen atoms in total. The smallest absolute Gasteiger partial charge is 0.273 e. The van der Waals surface area contributed by atoms with Crippen LogP contribution in [-0.2, 0) is 13.1 Å². The highest BCUT2D eigenvalue weighted by atomic mass is 19.1. The van der Waals surface area contributed by atoms with Crippen LogP contribution in [0.15, 0.2) is 18.3 Å². The number of aryl methyl sites for hydroxylation is 1. The molecule has 0 bridgehead atoms. The van der Waals surface area contributed by atoms with Crippen molar-refractivity contribution in [1.29, 1.82) is 0 Å². The van der Waals surface area contributed by atoms with Gasteiger partial charge in [-0.1, -0.05) is 11.3 Å². The van der Waals surface area contributed by atoms with Gasteiger partial charge in [-0.3, -0.25) is 9.48 Å². The van der Waals surface area contributed by atoms with E-state index < -0.39 is 17.5 Å². The third-order valence-corrected chi connectivity index (χ3v) is 4.42. The SMILES string of the molecule is Cc1ccc(F)c(CNC(=O)c2cn(C[C@H]3CCCNC3)nn2)c1F. The third-order valence-electron chi connectivity index (χ3n) is 4.42. The molecule has 1 aliphatic rings. The first-order valence-corrected chi connectivity index (χ1v) is 8.37. The average Bonchev–Trinajstić information content (AvgIpc) is 3.07. The number of nitrogens with zero attached hydrogens (tertiary/aromatic N) is 3. The molecule has 0 unspecified atom stereocenters. The number of hydrogen-bond donors (Lipinski definition) is 2. The van der Waals surface area contributed by atoms with Gasteiger partial charge < -0.3 is 10.6 Å². The quantitative estimate of drug-likeness (QED) is 0.863. The minimum absolute atomic E-state index is 0.136. The highest BCUT2D eigenvalue weighted by Crippen LogP contribution is 2.16. The summed E-state index contributed by atoms with van der Waals surface area (Å²) in [7, 11) is 0. The summed E-state index contributed by atoms with van der Waals surface area (Å²) in [5.74, 6) is -1.37. The fourth-order valence-electron chi connectivity index (χ4n) is 2.97. The number of nitrogens with one attached hydrogen (secondary N) is 2. The molecule has 25 heavy (non-hydrogen) atoms. The van der Waals surface area contributed by atoms with Gasteiger partial charge in [0.2, 0.25) is 0 Å². The number of aromatic nitrogens is 3. The molecule has 2 heterocycles. The summed E-state index contributed by atoms with van der Waals surface area (Å²) < 4.78 is 29.3. The first kappa shape index (κ1) is 17.5. The Morgan fingerprint density at radius 2 is 2.28 bits per heavy atom. The van der Waals surface area contributed by atoms with Crippen molar-refractivity contribution >= 4 is 5.91 Å². The van der Waals surface area contributed by atoms with Crippen LogP contribution in [0.3, 0.4) is 0 Å². The number of rotatable bonds is 5. The molecule has 0 saturated carbocycles. The number of carbonyl (C=O) groups excluding carboxylic acids is 1. The van der Waals surface area contributed by atoms with Crippen LogP contribution >= 0.6 is 0 Å². The number of hydrogen-bond acceptors (Lipinski definition) is 4. The van der Waals surface area contributed by atoms with Crippen LogP contribution in [0, 0.1) is 24.5 Å². The molecule has 1 aliphatic heterocycles. The predicted molar refractivity (Wildman–Crippen MR) is 87.9 cm³/mol. The summed E-state index contributed by atoms with van der Waals surface area (Å²) >= 11 is 0. The summed E-state index contributed by atoms with van der Waals surface area (Å²) in [5, 5.41) is 13.6. The van der Waals surface area contributed by atoms with Gasteiger partial charge in [-0.05, 0) is 50.4 Å². The molecule has 0 radical (unpaired) electrons. The van der Waals surface area contributed by atoms with E-state index in [4.69, 9.17) is 0 Å². The first-order valence-electron chi connectivity index (χ1n) is 8.37. The van der Waals surface area contributed by atoms with Crippen molar-refractivity contribution in [3.8, 4) is 0 Å². The van der Waals surface area contributed by atoms with Crippen LogP contribution in [0.1, 0.15) is 34.5 Å². The lowest BCUT2D eigenvalue weighted by Crippen LogP contribution is -2.32. The number of benzene rings is 1. The molecule has 1 amide bonds. The van der Waals surface area contributed by atoms with Crippen LogP contribution in [0.4, 0.5) is 8.78 Å². The van der Waals surface area contributed by atoms with Crippen LogP contribution in [-0.4, -0.2) is 34.0 Å². The molecule has 1 atom stereocenters. The lowest BCUT2D eigenvalue weighted by atomic mass is 10.00. The zero-order chi connectivity index (χ0) is 17.8. The fourth-order valence-corrected chi connectivity index (χ4v) is 2.97. The Hall–Kier alpha value is -2.35. The molecule has 1 fully saturated rings. The highest BCUT2D eigenvalue weighted by molar-refractivity contribution is 5.91. The van der Waals surface area contributed by atoms with E-state index in [1.54, 1.807) is 17.8 Å². The van der Waals surface area contributed by atoms with E-state index in [9.17, 15) is 13.6 Å². The van der Waals surface area contributed by atoms with Crippen molar-refractivity contribution in [3.05, 3.63) is 46.8 Å². The number of amides is 1. The zero-order valence-corrected chi connectivity index (χ0v) is 14.1. The molecule has 134 valence electrons. The van der Waals surface area contributed by atoms with E-state index in [0.29, 0.717) is 18.0 Å². The van der Waals surface area contributed by atoms with Crippen molar-refractivity contribution in [2.45, 2.75) is 32.9 Å². The van der Waals surface area contributed by atoms with Gasteiger partial charge in [0.05, 0.1) is 6.20 Å². The molecule has 2 N–H and O–H groups in total. The van der Waals surface area contributed by atoms with Crippen LogP contribution in [0.2, 0.25) is 0 Å². The second kappa shape index (κ2) is 7.69. The minimum atomic E-state index is -0.683. The van der Waals surface area contributed by atoms with E-state index in [1.807, 2.05) is 0 Å². The van der Waals surface area contributed by atoms with Crippen molar-refractivity contribution in [3.63, 3.8) is 0 Å². The molecule has 3 rings (SSSR count). The van der Waals surface area contributed by atoms with Gasteiger partial charge in [0.1, 0.15) is 11.6 Å². The standard InChI is InChI=1S/C17H21F2N5O/c1-11-4-5-14(18)13(16(11)19)8-21-17(25)15-10-24(23-22-15)9-12-3-2-6-20-7-12/h4-5,10,12,20H,2-3,6-9H2,1H3,(H,21,25)/t12-/m0/s1. The molecule has 1 aromatic heterocycles. The largest absolute Gasteiger partial charge is 0.346 e. The van der Waals surface area contributed by atoms with Gasteiger partial charge in [0.15, 0.2) is 5.69 Å². The normalized spacial score (nSPS) is 17.5. The fraction of sp³-hybridized carbons (Fsp3) is 0.471. The molecule has 8 heteroatoms. The number of halogens is 2. The zero-order valence-electron chi connectivity index (χ0n) is 14.1. The first-order chi connectivity index (χ1) is 12.0. The van der Waals surface area contributed by atoms with Gasteiger partial charge >= 0.3 is 0 Å². The van der Waals surface area contributed by atoms with Gasteiger partial charge in [-0.15, -0.1) is 5.10 Å². The topological polar surface area (TPSA) is 71.8 Å². The number of piperidine rings is 1. The maximum atomic E-state index is 14.0. The molecule has 1 aromatic carbocycles. The van der Waals surface area contributed by atoms with E-state index in [1.165, 1.54) is 12.1 Å². The molecule has 1 saturated heterocycles. The Morgan fingerprint density at radius 1 is 1.44 bits per heavy atom. The second-order valence-corrected chi connectivity index (χ2v) is 6.38. The van der Waals surface area contributed by atoms with Crippen LogP contribution in [0.5, 0.6) is 0 Å². The van der Waals surface area contributed by atoms with Crippen molar-refractivity contribution in [1.82, 2.24) is 25.6 Å². The Balaban J connectivity index is 1.59. The molecular weight excluding hydrogens is 328 g/mol. The second-order valence-electron chi connectivity index (χ2n) is 6.38. The Morgan fingerprint density at radius 3 is 3.04 bits per heavy atom. The molecule has 2 aromatic rings. The Kier molecular flexibility index (Phi) is 5.37. The average molecular weight is 349 g/mol. The summed E-state index contributed by atoms with van der Waals surface area (Å²) in [6, 6.07) is 2.55. The van der Waals surface area contributed by atoms with E-state index >= 15 is 0 Å². The van der Waals surface area contributed by atoms with Gasteiger partial charge in [0, 0.05) is 18.7 Å². The van der Waals surface area contributed by atoms with Crippen molar-refractivity contribution in [2.24, 2.45) is 5.92 Å². The summed E-state index contributed by atoms with van der Waals surface area (Å²) in [6.07, 6.45) is 3.80. The Bertz CT molecular complexity index is 755. The van der Waals surface area contributed by atoms with Crippen molar-refractivity contribution in [2.75, 3.05) is 13.1 Å². The van der Waals surface area contributed by atoms with E-state index in [2.05, 4.69) is 20.9 Å². The van der Waals surface area contributed by atoms with Gasteiger partial charge in [-0.25, -0.2) is 8.78 Å². The van der Waals surface area contributed by atoms with Crippen molar-refractivity contribution < 1.29 is 13.6 Å². The lowest BCUT2D eigenvalue weighted by molar-refractivity contribution is 0.0945. The molecule has 0 spiro atoms. The lowest BCUT2D eigenvalue weighted by Gasteiger charge is -2.22. The van der Waals surface area contributed by atoms with Crippen LogP contribution < -0.4 is 10.6 Å². The Labute approximate surface area is 144 Å². The van der Waals surface area contributed by atoms with E-state index in [-0.39, 0.29) is 17.8 Å². The summed E-state index contributed by atoms with van der Waals surface area (Å²) in [5.41, 5.74) is 0.309. The van der Waals surface area contributed by atoms with E-state index in [0.717, 1.165) is 25.9 Å². The molecule has 0 aliphatic carbocycles. The monoisotopic (exact) mass is 349 g/mol. The van der Waals surface area contributed by atoms with Gasteiger partial charge in [0.25, 0.3) is 5.91 Å². The minimum Gasteiger partial charge on any atom is -0.346 e. The highest BCUT2D eigenvalue weighted by Gasteiger charge is 2.17. The summed E-state index contributed by atoms with van der Waals surface area (Å²) in [4.78, 5) is 12.1. The maximum Gasteiger partial charge on any atom is 0.273 e. The summed E-state index contributed by atoms with van der Waals surface area (Å²) in [6.45, 7) is 3.96. The van der Waals surface area contributed by atoms with Crippen LogP contribution in [0.25, 0.3) is 0 Å². The van der Waals surface area contributed by atoms with Gasteiger partial charge in [-0.2, -0.15) is 0 Å². The third kappa shape index (κ3) is 4.19.